The van der Waals surface area contributed by atoms with Crippen molar-refractivity contribution in [2.45, 2.75) is 77.3 Å². The lowest BCUT2D eigenvalue weighted by Gasteiger charge is -2.20. The number of hydrogen-bond acceptors (Lipinski definition) is 3. The number of anilines is 1. The molecule has 0 amide bonds. The van der Waals surface area contributed by atoms with Gasteiger partial charge in [-0.25, -0.2) is 4.98 Å². The highest BCUT2D eigenvalue weighted by atomic mass is 32.2. The van der Waals surface area contributed by atoms with Gasteiger partial charge in [0.15, 0.2) is 0 Å². The summed E-state index contributed by atoms with van der Waals surface area (Å²) in [5.74, 6) is 0. The maximum atomic E-state index is 4.82. The fourth-order valence-electron chi connectivity index (χ4n) is 3.10. The summed E-state index contributed by atoms with van der Waals surface area (Å²) in [6, 6.07) is 7.20. The van der Waals surface area contributed by atoms with Crippen LogP contribution in [0.5, 0.6) is 0 Å². The number of nitrogens with one attached hydrogen (secondary N) is 1. The first-order valence-electron chi connectivity index (χ1n) is 8.86. The van der Waals surface area contributed by atoms with E-state index in [1.165, 1.54) is 32.8 Å². The Bertz CT molecular complexity index is 695. The van der Waals surface area contributed by atoms with Crippen molar-refractivity contribution in [3.05, 3.63) is 46.1 Å². The van der Waals surface area contributed by atoms with Gasteiger partial charge >= 0.3 is 0 Å². The molecule has 1 heterocycles. The zero-order valence-corrected chi connectivity index (χ0v) is 16.9. The van der Waals surface area contributed by atoms with Gasteiger partial charge in [0.25, 0.3) is 0 Å². The molecule has 0 spiro atoms. The second-order valence-electron chi connectivity index (χ2n) is 6.73. The van der Waals surface area contributed by atoms with Gasteiger partial charge in [0.05, 0.1) is 0 Å². The molecule has 1 aromatic heterocycles. The van der Waals surface area contributed by atoms with Gasteiger partial charge in [0.1, 0.15) is 5.03 Å². The minimum absolute atomic E-state index is 0.520. The van der Waals surface area contributed by atoms with Crippen LogP contribution in [0, 0.1) is 34.6 Å². The Labute approximate surface area is 151 Å². The van der Waals surface area contributed by atoms with Crippen LogP contribution >= 0.6 is 11.8 Å². The van der Waals surface area contributed by atoms with Crippen molar-refractivity contribution in [1.82, 2.24) is 4.98 Å². The summed E-state index contributed by atoms with van der Waals surface area (Å²) < 4.78 is 0. The van der Waals surface area contributed by atoms with Gasteiger partial charge in [-0.3, -0.25) is 0 Å². The van der Waals surface area contributed by atoms with Crippen molar-refractivity contribution >= 4 is 17.4 Å². The third-order valence-electron chi connectivity index (χ3n) is 4.50. The second-order valence-corrected chi connectivity index (χ2v) is 7.73. The van der Waals surface area contributed by atoms with Crippen LogP contribution in [0.1, 0.15) is 54.6 Å². The lowest BCUT2D eigenvalue weighted by molar-refractivity contribution is 0.670. The Morgan fingerprint density at radius 1 is 0.958 bits per heavy atom. The first-order valence-corrected chi connectivity index (χ1v) is 9.67. The molecule has 1 N–H and O–H groups in total. The monoisotopic (exact) mass is 342 g/mol. The second kappa shape index (κ2) is 8.06. The van der Waals surface area contributed by atoms with Crippen LogP contribution in [0.15, 0.2) is 28.1 Å². The molecule has 0 aliphatic carbocycles. The minimum Gasteiger partial charge on any atom is -0.382 e. The van der Waals surface area contributed by atoms with Crippen LogP contribution in [0.4, 0.5) is 5.69 Å². The van der Waals surface area contributed by atoms with E-state index in [2.05, 4.69) is 72.0 Å². The predicted octanol–water partition coefficient (Wildman–Crippen LogP) is 6.38. The summed E-state index contributed by atoms with van der Waals surface area (Å²) in [5.41, 5.74) is 7.51. The third-order valence-corrected chi connectivity index (χ3v) is 5.94. The zero-order chi connectivity index (χ0) is 17.9. The van der Waals surface area contributed by atoms with Crippen molar-refractivity contribution in [2.75, 3.05) is 5.32 Å². The zero-order valence-electron chi connectivity index (χ0n) is 16.1. The molecule has 2 nitrogen and oxygen atoms in total. The summed E-state index contributed by atoms with van der Waals surface area (Å²) in [6.07, 6.45) is 2.27. The highest BCUT2D eigenvalue weighted by Crippen LogP contribution is 2.36. The first-order chi connectivity index (χ1) is 11.3. The largest absolute Gasteiger partial charge is 0.382 e. The van der Waals surface area contributed by atoms with Crippen molar-refractivity contribution in [3.63, 3.8) is 0 Å². The predicted molar refractivity (Wildman–Crippen MR) is 106 cm³/mol. The molecule has 0 saturated carbocycles. The Balaban J connectivity index is 2.39. The summed E-state index contributed by atoms with van der Waals surface area (Å²) in [4.78, 5) is 6.14. The number of rotatable bonds is 6. The molecule has 3 heteroatoms. The van der Waals surface area contributed by atoms with E-state index < -0.39 is 0 Å². The van der Waals surface area contributed by atoms with Gasteiger partial charge < -0.3 is 5.32 Å². The van der Waals surface area contributed by atoms with Gasteiger partial charge in [0, 0.05) is 27.9 Å². The average Bonchev–Trinajstić information content (AvgIpc) is 2.52. The van der Waals surface area contributed by atoms with Crippen molar-refractivity contribution in [2.24, 2.45) is 0 Å². The van der Waals surface area contributed by atoms with Gasteiger partial charge in [-0.2, -0.15) is 0 Å². The molecule has 0 fully saturated rings. The van der Waals surface area contributed by atoms with Gasteiger partial charge in [0.2, 0.25) is 0 Å². The number of benzene rings is 1. The number of hydrogen-bond donors (Lipinski definition) is 1. The van der Waals surface area contributed by atoms with Crippen LogP contribution in [0.3, 0.4) is 0 Å². The quantitative estimate of drug-likeness (QED) is 0.659. The lowest BCUT2D eigenvalue weighted by atomic mass is 10.1. The number of aryl methyl sites for hydroxylation is 4. The Kier molecular flexibility index (Phi) is 6.34. The third kappa shape index (κ3) is 4.32. The molecule has 0 radical (unpaired) electrons. The molecular formula is C21H30N2S. The highest BCUT2D eigenvalue weighted by Gasteiger charge is 2.14. The molecule has 1 aromatic carbocycles. The molecule has 2 rings (SSSR count). The van der Waals surface area contributed by atoms with Gasteiger partial charge in [-0.15, -0.1) is 0 Å². The van der Waals surface area contributed by atoms with E-state index in [0.717, 1.165) is 23.6 Å². The summed E-state index contributed by atoms with van der Waals surface area (Å²) in [6.45, 7) is 15.3. The normalized spacial score (nSPS) is 11.2. The van der Waals surface area contributed by atoms with E-state index in [1.54, 1.807) is 11.8 Å². The lowest BCUT2D eigenvalue weighted by Crippen LogP contribution is -2.18. The van der Waals surface area contributed by atoms with Crippen LogP contribution in [0.25, 0.3) is 0 Å². The van der Waals surface area contributed by atoms with Crippen LogP contribution in [-0.2, 0) is 0 Å². The van der Waals surface area contributed by atoms with Crippen LogP contribution < -0.4 is 5.32 Å². The molecule has 0 bridgehead atoms. The summed E-state index contributed by atoms with van der Waals surface area (Å²) >= 11 is 1.80. The molecule has 24 heavy (non-hydrogen) atoms. The summed E-state index contributed by atoms with van der Waals surface area (Å²) in [7, 11) is 0. The van der Waals surface area contributed by atoms with Gasteiger partial charge in [-0.05, 0) is 64.7 Å². The Morgan fingerprint density at radius 2 is 1.54 bits per heavy atom. The molecule has 130 valence electrons. The molecule has 0 saturated heterocycles. The Morgan fingerprint density at radius 3 is 2.08 bits per heavy atom. The van der Waals surface area contributed by atoms with Crippen molar-refractivity contribution < 1.29 is 0 Å². The Hall–Kier alpha value is -1.48. The molecule has 0 aliphatic rings. The smallest absolute Gasteiger partial charge is 0.106 e. The molecule has 0 unspecified atom stereocenters. The maximum absolute atomic E-state index is 4.82. The molecule has 0 atom stereocenters. The molecule has 0 aliphatic heterocycles. The van der Waals surface area contributed by atoms with Crippen LogP contribution in [0.2, 0.25) is 0 Å². The van der Waals surface area contributed by atoms with Gasteiger partial charge in [-0.1, -0.05) is 43.3 Å². The maximum Gasteiger partial charge on any atom is 0.106 e. The van der Waals surface area contributed by atoms with E-state index in [0.29, 0.717) is 6.04 Å². The van der Waals surface area contributed by atoms with E-state index in [1.807, 2.05) is 0 Å². The van der Waals surface area contributed by atoms with E-state index >= 15 is 0 Å². The van der Waals surface area contributed by atoms with Crippen molar-refractivity contribution in [1.29, 1.82) is 0 Å². The first kappa shape index (κ1) is 18.9. The number of pyridine rings is 1. The van der Waals surface area contributed by atoms with E-state index in [-0.39, 0.29) is 0 Å². The molecule has 2 aromatic rings. The number of aromatic nitrogens is 1. The summed E-state index contributed by atoms with van der Waals surface area (Å²) in [5, 5.41) is 4.81. The van der Waals surface area contributed by atoms with E-state index in [9.17, 15) is 0 Å². The highest BCUT2D eigenvalue weighted by molar-refractivity contribution is 7.99. The van der Waals surface area contributed by atoms with Crippen LogP contribution in [-0.4, -0.2) is 11.0 Å². The SMILES string of the molecule is CCC(CC)Nc1cc(C)nc(Sc2c(C)cc(C)cc2C)c1C. The molecular weight excluding hydrogens is 312 g/mol. The minimum atomic E-state index is 0.520. The average molecular weight is 343 g/mol. The standard InChI is InChI=1S/C21H30N2S/c1-8-18(9-2)23-19-12-16(6)22-21(17(19)7)24-20-14(4)10-13(3)11-15(20)5/h10-12,18H,8-9H2,1-7H3,(H,22,23). The topological polar surface area (TPSA) is 24.9 Å². The fourth-order valence-corrected chi connectivity index (χ4v) is 4.18. The fraction of sp³-hybridized carbons (Fsp3) is 0.476. The number of nitrogens with zero attached hydrogens (tertiary/aromatic N) is 1. The van der Waals surface area contributed by atoms with E-state index in [4.69, 9.17) is 4.98 Å². The van der Waals surface area contributed by atoms with Crippen molar-refractivity contribution in [3.8, 4) is 0 Å².